The first kappa shape index (κ1) is 17.8. The fraction of sp³-hybridized carbons (Fsp3) is 0.438. The van der Waals surface area contributed by atoms with Crippen molar-refractivity contribution >= 4 is 11.9 Å². The summed E-state index contributed by atoms with van der Waals surface area (Å²) in [4.78, 5) is 24.6. The van der Waals surface area contributed by atoms with E-state index in [1.807, 2.05) is 20.8 Å². The van der Waals surface area contributed by atoms with Gasteiger partial charge >= 0.3 is 11.9 Å². The third-order valence-corrected chi connectivity index (χ3v) is 2.80. The molecule has 22 heavy (non-hydrogen) atoms. The number of nitrogens with zero attached hydrogens (tertiary/aromatic N) is 1. The van der Waals surface area contributed by atoms with Crippen molar-refractivity contribution in [2.45, 2.75) is 38.7 Å². The maximum atomic E-state index is 12.6. The van der Waals surface area contributed by atoms with Gasteiger partial charge in [-0.05, 0) is 39.3 Å². The number of hydrogen-bond donors (Lipinski definition) is 1. The Morgan fingerprint density at radius 3 is 2.45 bits per heavy atom. The van der Waals surface area contributed by atoms with Gasteiger partial charge in [0.05, 0.1) is 5.92 Å². The molecular formula is C16H20FNO4. The molecule has 1 saturated carbocycles. The van der Waals surface area contributed by atoms with Crippen LogP contribution in [0.2, 0.25) is 0 Å². The third kappa shape index (κ3) is 6.03. The van der Waals surface area contributed by atoms with Crippen molar-refractivity contribution in [3.63, 3.8) is 0 Å². The lowest BCUT2D eigenvalue weighted by atomic mass is 10.2. The van der Waals surface area contributed by atoms with Gasteiger partial charge in [0, 0.05) is 17.7 Å². The summed E-state index contributed by atoms with van der Waals surface area (Å²) in [6.45, 7) is 8.71. The van der Waals surface area contributed by atoms with Crippen LogP contribution in [-0.2, 0) is 14.3 Å². The highest BCUT2D eigenvalue weighted by Gasteiger charge is 2.45. The van der Waals surface area contributed by atoms with Crippen molar-refractivity contribution in [2.24, 2.45) is 5.92 Å². The Labute approximate surface area is 128 Å². The standard InChI is InChI=1S/C9H8FNO2.C7H12O2/c10-8-3-1-2-7(11-8)5-4-6(5)9(12)13;1-5-6(8)9-7(2,3)4/h1-3,5-6H,4H2,(H,12,13);5H,1H2,2-4H3/t5-,6-;/m1./s1. The zero-order valence-corrected chi connectivity index (χ0v) is 12.9. The van der Waals surface area contributed by atoms with Crippen LogP contribution < -0.4 is 0 Å². The highest BCUT2D eigenvalue weighted by atomic mass is 19.1. The van der Waals surface area contributed by atoms with Crippen molar-refractivity contribution < 1.29 is 23.8 Å². The first-order chi connectivity index (χ1) is 10.1. The minimum atomic E-state index is -0.823. The Kier molecular flexibility index (Phi) is 5.79. The summed E-state index contributed by atoms with van der Waals surface area (Å²) in [5, 5.41) is 8.63. The highest BCUT2D eigenvalue weighted by molar-refractivity contribution is 5.81. The molecule has 0 aliphatic heterocycles. The highest BCUT2D eigenvalue weighted by Crippen LogP contribution is 2.46. The second-order valence-corrected chi connectivity index (χ2v) is 5.91. The third-order valence-electron chi connectivity index (χ3n) is 2.80. The predicted octanol–water partition coefficient (Wildman–Crippen LogP) is 2.92. The van der Waals surface area contributed by atoms with Crippen molar-refractivity contribution in [2.75, 3.05) is 0 Å². The van der Waals surface area contributed by atoms with Crippen molar-refractivity contribution in [3.05, 3.63) is 42.5 Å². The molecule has 0 amide bonds. The van der Waals surface area contributed by atoms with E-state index in [-0.39, 0.29) is 17.8 Å². The number of carboxylic acids is 1. The second kappa shape index (κ2) is 7.15. The van der Waals surface area contributed by atoms with E-state index in [0.717, 1.165) is 6.08 Å². The first-order valence-electron chi connectivity index (χ1n) is 6.84. The summed E-state index contributed by atoms with van der Waals surface area (Å²) in [6.07, 6.45) is 1.73. The molecule has 6 heteroatoms. The van der Waals surface area contributed by atoms with Crippen LogP contribution in [0.5, 0.6) is 0 Å². The normalized spacial score (nSPS) is 19.5. The van der Waals surface area contributed by atoms with Gasteiger partial charge < -0.3 is 9.84 Å². The summed E-state index contributed by atoms with van der Waals surface area (Å²) in [5.41, 5.74) is 0.151. The average Bonchev–Trinajstić information content (AvgIpc) is 3.17. The van der Waals surface area contributed by atoms with E-state index in [2.05, 4.69) is 11.6 Å². The Balaban J connectivity index is 0.000000239. The maximum absolute atomic E-state index is 12.6. The Morgan fingerprint density at radius 1 is 1.45 bits per heavy atom. The largest absolute Gasteiger partial charge is 0.481 e. The number of carboxylic acid groups (broad SMARTS) is 1. The van der Waals surface area contributed by atoms with Crippen molar-refractivity contribution in [1.82, 2.24) is 4.98 Å². The van der Waals surface area contributed by atoms with Gasteiger partial charge in [-0.15, -0.1) is 0 Å². The topological polar surface area (TPSA) is 76.5 Å². The van der Waals surface area contributed by atoms with Gasteiger partial charge in [0.25, 0.3) is 0 Å². The van der Waals surface area contributed by atoms with Gasteiger partial charge in [-0.2, -0.15) is 4.39 Å². The lowest BCUT2D eigenvalue weighted by Gasteiger charge is -2.17. The maximum Gasteiger partial charge on any atom is 0.330 e. The van der Waals surface area contributed by atoms with Gasteiger partial charge in [-0.25, -0.2) is 9.78 Å². The quantitative estimate of drug-likeness (QED) is 0.528. The SMILES string of the molecule is C=CC(=O)OC(C)(C)C.O=C(O)[C@@H]1C[C@H]1c1cccc(F)n1. The summed E-state index contributed by atoms with van der Waals surface area (Å²) in [6, 6.07) is 4.47. The molecule has 2 atom stereocenters. The van der Waals surface area contributed by atoms with Gasteiger partial charge in [-0.3, -0.25) is 4.79 Å². The number of aliphatic carboxylic acids is 1. The molecule has 0 saturated heterocycles. The smallest absolute Gasteiger partial charge is 0.330 e. The average molecular weight is 309 g/mol. The number of rotatable bonds is 3. The summed E-state index contributed by atoms with van der Waals surface area (Å²) >= 11 is 0. The van der Waals surface area contributed by atoms with E-state index in [4.69, 9.17) is 9.84 Å². The van der Waals surface area contributed by atoms with Gasteiger partial charge in [0.1, 0.15) is 5.60 Å². The van der Waals surface area contributed by atoms with Crippen LogP contribution in [0.4, 0.5) is 4.39 Å². The Bertz CT molecular complexity index is 566. The van der Waals surface area contributed by atoms with Gasteiger partial charge in [-0.1, -0.05) is 12.6 Å². The zero-order chi connectivity index (χ0) is 16.9. The monoisotopic (exact) mass is 309 g/mol. The molecule has 1 heterocycles. The zero-order valence-electron chi connectivity index (χ0n) is 12.9. The van der Waals surface area contributed by atoms with Crippen LogP contribution in [0.15, 0.2) is 30.9 Å². The second-order valence-electron chi connectivity index (χ2n) is 5.91. The number of esters is 1. The van der Waals surface area contributed by atoms with E-state index >= 15 is 0 Å². The molecule has 1 aliphatic rings. The fourth-order valence-corrected chi connectivity index (χ4v) is 1.77. The Hall–Kier alpha value is -2.24. The van der Waals surface area contributed by atoms with E-state index < -0.39 is 17.5 Å². The number of aromatic nitrogens is 1. The molecule has 0 unspecified atom stereocenters. The van der Waals surface area contributed by atoms with Crippen molar-refractivity contribution in [1.29, 1.82) is 0 Å². The van der Waals surface area contributed by atoms with Crippen LogP contribution in [-0.4, -0.2) is 27.6 Å². The predicted molar refractivity (Wildman–Crippen MR) is 78.7 cm³/mol. The van der Waals surface area contributed by atoms with Crippen LogP contribution >= 0.6 is 0 Å². The summed E-state index contributed by atoms with van der Waals surface area (Å²) < 4.78 is 17.5. The lowest BCUT2D eigenvalue weighted by Crippen LogP contribution is -2.22. The number of hydrogen-bond acceptors (Lipinski definition) is 4. The van der Waals surface area contributed by atoms with E-state index in [0.29, 0.717) is 12.1 Å². The van der Waals surface area contributed by atoms with Gasteiger partial charge in [0.2, 0.25) is 5.95 Å². The van der Waals surface area contributed by atoms with Crippen molar-refractivity contribution in [3.8, 4) is 0 Å². The minimum Gasteiger partial charge on any atom is -0.481 e. The molecule has 2 rings (SSSR count). The fourth-order valence-electron chi connectivity index (χ4n) is 1.77. The molecule has 1 aromatic rings. The van der Waals surface area contributed by atoms with Crippen LogP contribution in [0.3, 0.4) is 0 Å². The number of ether oxygens (including phenoxy) is 1. The molecule has 120 valence electrons. The first-order valence-corrected chi connectivity index (χ1v) is 6.84. The van der Waals surface area contributed by atoms with E-state index in [1.165, 1.54) is 6.07 Å². The number of pyridine rings is 1. The molecule has 1 aliphatic carbocycles. The molecule has 0 bridgehead atoms. The van der Waals surface area contributed by atoms with Crippen LogP contribution in [0.1, 0.15) is 38.8 Å². The summed E-state index contributed by atoms with van der Waals surface area (Å²) in [7, 11) is 0. The van der Waals surface area contributed by atoms with Crippen LogP contribution in [0.25, 0.3) is 0 Å². The van der Waals surface area contributed by atoms with E-state index in [9.17, 15) is 14.0 Å². The Morgan fingerprint density at radius 2 is 2.09 bits per heavy atom. The number of carbonyl (C=O) groups is 2. The molecule has 0 spiro atoms. The lowest BCUT2D eigenvalue weighted by molar-refractivity contribution is -0.148. The molecule has 0 aromatic carbocycles. The van der Waals surface area contributed by atoms with Crippen LogP contribution in [0, 0.1) is 11.9 Å². The molecule has 5 nitrogen and oxygen atoms in total. The van der Waals surface area contributed by atoms with Gasteiger partial charge in [0.15, 0.2) is 0 Å². The van der Waals surface area contributed by atoms with E-state index in [1.54, 1.807) is 12.1 Å². The number of halogens is 1. The molecule has 1 aromatic heterocycles. The molecule has 1 fully saturated rings. The number of carbonyl (C=O) groups excluding carboxylic acids is 1. The molecule has 0 radical (unpaired) electrons. The molecule has 1 N–H and O–H groups in total. The minimum absolute atomic E-state index is 0.0896. The summed E-state index contributed by atoms with van der Waals surface area (Å²) in [5.74, 6) is -2.20. The molecular weight excluding hydrogens is 289 g/mol.